The minimum atomic E-state index is -0.604. The summed E-state index contributed by atoms with van der Waals surface area (Å²) >= 11 is 0. The van der Waals surface area contributed by atoms with Gasteiger partial charge in [0.2, 0.25) is 0 Å². The molecule has 2 aliphatic carbocycles. The number of hydrogen-bond acceptors (Lipinski definition) is 3. The molecule has 4 nitrogen and oxygen atoms in total. The average molecular weight is 254 g/mol. The lowest BCUT2D eigenvalue weighted by molar-refractivity contribution is -0.143. The minimum Gasteiger partial charge on any atom is -0.481 e. The molecule has 2 aliphatic rings. The third-order valence-electron chi connectivity index (χ3n) is 4.53. The number of aliphatic carboxylic acids is 1. The van der Waals surface area contributed by atoms with Crippen LogP contribution in [0.4, 0.5) is 0 Å². The fourth-order valence-corrected chi connectivity index (χ4v) is 3.87. The van der Waals surface area contributed by atoms with Crippen molar-refractivity contribution in [3.05, 3.63) is 0 Å². The molecule has 0 amide bonds. The molecule has 2 fully saturated rings. The van der Waals surface area contributed by atoms with Gasteiger partial charge in [0.15, 0.2) is 0 Å². The lowest BCUT2D eigenvalue weighted by Crippen LogP contribution is -2.22. The molecular formula is C13H25BNO3. The molecule has 2 rings (SSSR count). The molecular weight excluding hydrogens is 229 g/mol. The maximum atomic E-state index is 11.2. The number of rotatable bonds is 5. The summed E-state index contributed by atoms with van der Waals surface area (Å²) in [7, 11) is 2.69. The van der Waals surface area contributed by atoms with Gasteiger partial charge in [-0.1, -0.05) is 25.6 Å². The van der Waals surface area contributed by atoms with Crippen LogP contribution >= 0.6 is 0 Å². The van der Waals surface area contributed by atoms with Crippen LogP contribution in [0.5, 0.6) is 0 Å². The van der Waals surface area contributed by atoms with Gasteiger partial charge in [-0.3, -0.25) is 4.79 Å². The summed E-state index contributed by atoms with van der Waals surface area (Å²) in [5, 5.41) is 17.9. The molecule has 103 valence electrons. The first-order chi connectivity index (χ1) is 8.74. The zero-order valence-corrected chi connectivity index (χ0v) is 11.2. The van der Waals surface area contributed by atoms with E-state index in [4.69, 9.17) is 5.02 Å². The van der Waals surface area contributed by atoms with Crippen molar-refractivity contribution in [1.82, 2.24) is 0 Å². The molecule has 0 aliphatic heterocycles. The molecule has 18 heavy (non-hydrogen) atoms. The smallest absolute Gasteiger partial charge is 0.306 e. The van der Waals surface area contributed by atoms with Gasteiger partial charge in [-0.15, -0.1) is 0 Å². The number of nitrogens with two attached hydrogens (primary N) is 1. The van der Waals surface area contributed by atoms with Crippen molar-refractivity contribution >= 4 is 13.5 Å². The third kappa shape index (κ3) is 3.48. The van der Waals surface area contributed by atoms with Crippen molar-refractivity contribution in [2.24, 2.45) is 29.4 Å². The highest BCUT2D eigenvalue weighted by molar-refractivity contribution is 6.25. The highest BCUT2D eigenvalue weighted by Crippen LogP contribution is 2.52. The third-order valence-corrected chi connectivity index (χ3v) is 4.53. The van der Waals surface area contributed by atoms with Gasteiger partial charge in [0, 0.05) is 0 Å². The maximum Gasteiger partial charge on any atom is 0.306 e. The normalized spacial score (nSPS) is 33.5. The highest BCUT2D eigenvalue weighted by Gasteiger charge is 2.47. The predicted octanol–water partition coefficient (Wildman–Crippen LogP) is 1.51. The van der Waals surface area contributed by atoms with E-state index in [1.165, 1.54) is 33.8 Å². The summed E-state index contributed by atoms with van der Waals surface area (Å²) < 4.78 is 0. The molecule has 2 saturated carbocycles. The first kappa shape index (κ1) is 15.5. The number of carboxylic acid groups (broad SMARTS) is 1. The second-order valence-electron chi connectivity index (χ2n) is 5.31. The van der Waals surface area contributed by atoms with E-state index in [1.807, 2.05) is 0 Å². The van der Waals surface area contributed by atoms with Crippen LogP contribution in [0.25, 0.3) is 0 Å². The SMILES string of the molecule is CN.O=C(O)C1CC2CCCC2C1CCC[B]O. The van der Waals surface area contributed by atoms with E-state index in [1.54, 1.807) is 0 Å². The second-order valence-corrected chi connectivity index (χ2v) is 5.31. The van der Waals surface area contributed by atoms with Gasteiger partial charge >= 0.3 is 5.97 Å². The Bertz CT molecular complexity index is 263. The van der Waals surface area contributed by atoms with E-state index in [-0.39, 0.29) is 5.92 Å². The molecule has 4 atom stereocenters. The lowest BCUT2D eigenvalue weighted by atomic mass is 9.81. The van der Waals surface area contributed by atoms with Crippen molar-refractivity contribution in [3.63, 3.8) is 0 Å². The van der Waals surface area contributed by atoms with E-state index in [9.17, 15) is 9.90 Å². The van der Waals surface area contributed by atoms with Crippen molar-refractivity contribution in [1.29, 1.82) is 0 Å². The first-order valence-corrected chi connectivity index (χ1v) is 7.00. The summed E-state index contributed by atoms with van der Waals surface area (Å²) in [6, 6.07) is 0. The fourth-order valence-electron chi connectivity index (χ4n) is 3.87. The van der Waals surface area contributed by atoms with Crippen LogP contribution in [0.1, 0.15) is 38.5 Å². The van der Waals surface area contributed by atoms with E-state index in [2.05, 4.69) is 5.73 Å². The van der Waals surface area contributed by atoms with Crippen molar-refractivity contribution < 1.29 is 14.9 Å². The zero-order valence-electron chi connectivity index (χ0n) is 11.2. The molecule has 4 unspecified atom stereocenters. The maximum absolute atomic E-state index is 11.2. The number of carbonyl (C=O) groups is 1. The summed E-state index contributed by atoms with van der Waals surface area (Å²) in [5.74, 6) is 0.968. The zero-order chi connectivity index (χ0) is 13.5. The Kier molecular flexibility index (Phi) is 6.72. The topological polar surface area (TPSA) is 83.6 Å². The Balaban J connectivity index is 0.000000771. The van der Waals surface area contributed by atoms with Gasteiger partial charge in [0.05, 0.1) is 5.92 Å². The Morgan fingerprint density at radius 2 is 2.11 bits per heavy atom. The largest absolute Gasteiger partial charge is 0.481 e. The average Bonchev–Trinajstić information content (AvgIpc) is 2.94. The molecule has 4 N–H and O–H groups in total. The molecule has 0 aromatic carbocycles. The molecule has 0 spiro atoms. The number of carboxylic acids is 1. The van der Waals surface area contributed by atoms with E-state index < -0.39 is 5.97 Å². The highest BCUT2D eigenvalue weighted by atomic mass is 16.4. The lowest BCUT2D eigenvalue weighted by Gasteiger charge is -2.21. The predicted molar refractivity (Wildman–Crippen MR) is 72.2 cm³/mol. The van der Waals surface area contributed by atoms with Gasteiger partial charge in [0.25, 0.3) is 7.48 Å². The number of fused-ring (bicyclic) bond motifs is 1. The van der Waals surface area contributed by atoms with E-state index in [0.717, 1.165) is 19.3 Å². The van der Waals surface area contributed by atoms with Crippen molar-refractivity contribution in [2.45, 2.75) is 44.8 Å². The van der Waals surface area contributed by atoms with Crippen molar-refractivity contribution in [2.75, 3.05) is 7.05 Å². The van der Waals surface area contributed by atoms with Gasteiger partial charge in [-0.05, 0) is 44.1 Å². The standard InChI is InChI=1S/C12H20BO3.CH5N/c14-12(15)11-7-8-3-1-4-9(8)10(11)5-2-6-13-16;1-2/h8-11,16H,1-7H2,(H,14,15);2H2,1H3. The van der Waals surface area contributed by atoms with Crippen LogP contribution in [0.2, 0.25) is 6.32 Å². The number of hydrogen-bond donors (Lipinski definition) is 3. The summed E-state index contributed by atoms with van der Waals surface area (Å²) in [5.41, 5.74) is 4.50. The molecule has 0 aromatic rings. The molecule has 0 saturated heterocycles. The molecule has 0 aromatic heterocycles. The second kappa shape index (κ2) is 7.79. The van der Waals surface area contributed by atoms with E-state index in [0.29, 0.717) is 24.1 Å². The van der Waals surface area contributed by atoms with Crippen LogP contribution in [0.3, 0.4) is 0 Å². The minimum absolute atomic E-state index is 0.117. The van der Waals surface area contributed by atoms with Crippen LogP contribution < -0.4 is 5.73 Å². The summed E-state index contributed by atoms with van der Waals surface area (Å²) in [6.45, 7) is 0. The monoisotopic (exact) mass is 254 g/mol. The Labute approximate surface area is 110 Å². The first-order valence-electron chi connectivity index (χ1n) is 7.00. The van der Waals surface area contributed by atoms with Crippen LogP contribution in [-0.4, -0.2) is 30.6 Å². The van der Waals surface area contributed by atoms with Gasteiger partial charge in [-0.2, -0.15) is 0 Å². The quantitative estimate of drug-likeness (QED) is 0.513. The van der Waals surface area contributed by atoms with Crippen molar-refractivity contribution in [3.8, 4) is 0 Å². The summed E-state index contributed by atoms with van der Waals surface area (Å²) in [4.78, 5) is 11.2. The van der Waals surface area contributed by atoms with Gasteiger partial charge in [-0.25, -0.2) is 0 Å². The summed E-state index contributed by atoms with van der Waals surface area (Å²) in [6.07, 6.45) is 7.22. The Morgan fingerprint density at radius 1 is 1.39 bits per heavy atom. The van der Waals surface area contributed by atoms with E-state index >= 15 is 0 Å². The van der Waals surface area contributed by atoms with Crippen LogP contribution in [0.15, 0.2) is 0 Å². The molecule has 0 bridgehead atoms. The Morgan fingerprint density at radius 3 is 2.72 bits per heavy atom. The Hall–Kier alpha value is -0.545. The molecule has 0 heterocycles. The molecule has 5 heteroatoms. The van der Waals surface area contributed by atoms with Gasteiger partial charge in [0.1, 0.15) is 0 Å². The van der Waals surface area contributed by atoms with Crippen LogP contribution in [-0.2, 0) is 4.79 Å². The van der Waals surface area contributed by atoms with Gasteiger partial charge < -0.3 is 15.9 Å². The molecule has 1 radical (unpaired) electrons. The van der Waals surface area contributed by atoms with Crippen LogP contribution in [0, 0.1) is 23.7 Å². The fraction of sp³-hybridized carbons (Fsp3) is 0.923.